The van der Waals surface area contributed by atoms with Crippen molar-refractivity contribution < 1.29 is 36.2 Å². The van der Waals surface area contributed by atoms with Gasteiger partial charge in [-0.15, -0.1) is 9.36 Å². The molecule has 16 heterocycles. The maximum atomic E-state index is 3.47. The molecule has 13 aliphatic rings. The van der Waals surface area contributed by atoms with Gasteiger partial charge >= 0.3 is 0 Å². The molecule has 0 radical (unpaired) electrons. The number of likely N-dealkylation sites (N-methyl/N-ethyl adjacent to an activating group) is 2. The lowest BCUT2D eigenvalue weighted by molar-refractivity contribution is -0.964. The zero-order chi connectivity index (χ0) is 85.6. The number of nitrogens with zero attached hydrogens (tertiary/aromatic N) is 14. The molecule has 0 aliphatic carbocycles. The van der Waals surface area contributed by atoms with Gasteiger partial charge < -0.3 is 32.6 Å². The fourth-order valence-electron chi connectivity index (χ4n) is 22.8. The van der Waals surface area contributed by atoms with Gasteiger partial charge in [0.15, 0.2) is 42.0 Å². The quantitative estimate of drug-likeness (QED) is 0.0876. The topological polar surface area (TPSA) is 44.8 Å². The van der Waals surface area contributed by atoms with E-state index in [1.54, 1.807) is 11.1 Å². The molecule has 0 aromatic carbocycles. The third-order valence-corrected chi connectivity index (χ3v) is 33.0. The van der Waals surface area contributed by atoms with E-state index >= 15 is 0 Å². The van der Waals surface area contributed by atoms with Crippen molar-refractivity contribution in [2.24, 2.45) is 16.7 Å². The minimum absolute atomic E-state index is 0.543. The first-order chi connectivity index (χ1) is 53.7. The molecular weight excluding hydrogens is 1410 g/mol. The van der Waals surface area contributed by atoms with Crippen LogP contribution in [0.3, 0.4) is 0 Å². The molecule has 8 saturated heterocycles. The normalized spacial score (nSPS) is 26.2. The summed E-state index contributed by atoms with van der Waals surface area (Å²) in [5.41, 5.74) is 12.3. The number of piperidine rings is 4. The van der Waals surface area contributed by atoms with Crippen LogP contribution in [0.2, 0.25) is 0 Å². The van der Waals surface area contributed by atoms with Crippen LogP contribution in [0.25, 0.3) is 0 Å². The Morgan fingerprint density at radius 1 is 0.461 bits per heavy atom. The second kappa shape index (κ2) is 40.2. The first-order valence-electron chi connectivity index (χ1n) is 48.3. The number of anilines is 2. The Kier molecular flexibility index (Phi) is 33.9. The average molecular weight is 1600 g/mol. The second-order valence-electron chi connectivity index (χ2n) is 44.5. The molecule has 3 atom stereocenters. The van der Waals surface area contributed by atoms with E-state index in [1.165, 1.54) is 225 Å². The molecular formula is C100H191N15+8. The van der Waals surface area contributed by atoms with Crippen molar-refractivity contribution in [1.82, 2.24) is 24.3 Å². The molecule has 658 valence electrons. The van der Waals surface area contributed by atoms with Gasteiger partial charge in [0.1, 0.15) is 24.8 Å². The zero-order valence-corrected chi connectivity index (χ0v) is 82.4. The first-order valence-corrected chi connectivity index (χ1v) is 48.3. The Hall–Kier alpha value is -3.51. The number of nitrogens with one attached hydrogen (secondary N) is 1. The van der Waals surface area contributed by atoms with Gasteiger partial charge in [0.05, 0.1) is 141 Å². The predicted molar refractivity (Wildman–Crippen MR) is 492 cm³/mol. The lowest BCUT2D eigenvalue weighted by Gasteiger charge is -2.58. The molecule has 1 spiro atoms. The highest BCUT2D eigenvalue weighted by molar-refractivity contribution is 5.53. The number of hydrogen-bond donors (Lipinski definition) is 1. The molecule has 15 nitrogen and oxygen atoms in total. The van der Waals surface area contributed by atoms with Crippen molar-refractivity contribution in [3.8, 4) is 0 Å². The van der Waals surface area contributed by atoms with E-state index < -0.39 is 0 Å². The van der Waals surface area contributed by atoms with Crippen LogP contribution in [0.5, 0.6) is 0 Å². The molecule has 8 fully saturated rings. The van der Waals surface area contributed by atoms with Crippen molar-refractivity contribution in [1.29, 1.82) is 0 Å². The molecule has 16 rings (SSSR count). The molecule has 1 N–H and O–H groups in total. The largest absolute Gasteiger partial charge is 0.365 e. The van der Waals surface area contributed by atoms with Gasteiger partial charge in [0.2, 0.25) is 11.9 Å². The van der Waals surface area contributed by atoms with E-state index in [0.29, 0.717) is 47.6 Å². The lowest BCUT2D eigenvalue weighted by atomic mass is 9.64. The van der Waals surface area contributed by atoms with Crippen molar-refractivity contribution >= 4 is 11.5 Å². The summed E-state index contributed by atoms with van der Waals surface area (Å²) in [4.78, 5) is 13.0. The average Bonchev–Trinajstić information content (AvgIpc) is 1.77. The number of rotatable bonds is 16. The minimum atomic E-state index is 0.543. The fraction of sp³-hybridized carbons (Fsp3) is 0.850. The third kappa shape index (κ3) is 22.1. The first kappa shape index (κ1) is 96.9. The number of likely N-dealkylation sites (tertiary alicyclic amines) is 5. The summed E-state index contributed by atoms with van der Waals surface area (Å²) in [6.45, 7) is 100. The van der Waals surface area contributed by atoms with E-state index in [9.17, 15) is 0 Å². The maximum absolute atomic E-state index is 3.47. The van der Waals surface area contributed by atoms with Crippen LogP contribution in [0.1, 0.15) is 326 Å². The standard InChI is InChI=1S/C14H29N2.C13H25N2.C13H27N2.2C13H21N2.C13H26N.C11H19N3.C10H22N/c1-12(2)15-10-14(11-15)6-8-16(5,9-7-14)13(3)4;1-10(2)14-6-12-8-15(5,11(3)4)9-13(12)7-14;1-10(2)14-8-6-13-12(14)7-9-15(13,5)11(3)4;1-10(2)14-8-5-6-12-13(14)7-9-15(12)11(3)4;1-10(2)14-8-12-6-5-7-15(11(3)4)13(12)9-14;1-11(2)13-5-8-14(9-6-13,10-7-13)12(3)4;1-8(2)10-7-14(9(3)4)13-6-5-12-11(10)13;1-9(2)11(10(3)4)7-5-6-8-11/h12-13H,6-11H2,1-5H3;10-11H,6-9H2,1-5H3;10-13H,6-9H2,1-5H3;5-6,8,10-11H,7,9H2,1-4H3;5-7,10-11H,8-9H2,1-4H3;11-12H,5-10H2,1-4H3;7-9H,5-6H2,1-4H3;9-10H,5-8H2,1-4H3/q6*+1;;+1/p+1. The number of aromatic nitrogens is 4. The minimum Gasteiger partial charge on any atom is -0.365 e. The van der Waals surface area contributed by atoms with E-state index in [0.717, 1.165) is 97.9 Å². The monoisotopic (exact) mass is 1600 g/mol. The SMILES string of the molecule is CC(C)C12CC[N+](C(C)C)(CC1)CC2.CC(C)N1CC2(CC[N+](C)(C(C)C)CC2)C1.CC(C)N1CC2=C(C1)C[N+](C)(C(C)C)C2.CC(C)N1CCC2C1CC[N+]2(C)C(C)C.CC(C)N1CCc2c1ccc[n+]2C(C)C.CC(C)N1Cc2ccc[n+](C(C)C)c2C1.CC(C)[N+]1(C(C)C)CCCC1.CC(C)c1c[n+](C(C)C)n2c1NCC2. The van der Waals surface area contributed by atoms with Gasteiger partial charge in [0.25, 0.3) is 0 Å². The van der Waals surface area contributed by atoms with Crippen LogP contribution >= 0.6 is 0 Å². The summed E-state index contributed by atoms with van der Waals surface area (Å²) in [7, 11) is 7.32. The summed E-state index contributed by atoms with van der Waals surface area (Å²) in [6, 6.07) is 20.5. The van der Waals surface area contributed by atoms with Crippen molar-refractivity contribution in [2.75, 3.05) is 143 Å². The highest BCUT2D eigenvalue weighted by Gasteiger charge is 2.55. The number of pyridine rings is 2. The molecule has 115 heavy (non-hydrogen) atoms. The molecule has 3 unspecified atom stereocenters. The number of quaternary nitrogens is 5. The maximum Gasteiger partial charge on any atom is 0.206 e. The van der Waals surface area contributed by atoms with E-state index in [2.05, 4.69) is 334 Å². The Morgan fingerprint density at radius 3 is 1.41 bits per heavy atom. The van der Waals surface area contributed by atoms with Gasteiger partial charge in [-0.05, 0) is 223 Å². The van der Waals surface area contributed by atoms with Crippen LogP contribution < -0.4 is 24.0 Å². The van der Waals surface area contributed by atoms with E-state index in [-0.39, 0.29) is 0 Å². The third-order valence-electron chi connectivity index (χ3n) is 33.0. The molecule has 15 heteroatoms. The highest BCUT2D eigenvalue weighted by Crippen LogP contribution is 2.50. The fourth-order valence-corrected chi connectivity index (χ4v) is 22.8. The summed E-state index contributed by atoms with van der Waals surface area (Å²) < 4.78 is 16.1. The van der Waals surface area contributed by atoms with E-state index in [4.69, 9.17) is 0 Å². The van der Waals surface area contributed by atoms with Gasteiger partial charge in [-0.2, -0.15) is 9.13 Å². The Morgan fingerprint density at radius 2 is 0.974 bits per heavy atom. The summed E-state index contributed by atoms with van der Waals surface area (Å²) >= 11 is 0. The second-order valence-corrected chi connectivity index (χ2v) is 44.5. The Bertz CT molecular complexity index is 3390. The Labute approximate surface area is 711 Å². The Balaban J connectivity index is 0.000000165. The van der Waals surface area contributed by atoms with Crippen LogP contribution in [-0.2, 0) is 26.1 Å². The number of hydrogen-bond acceptors (Lipinski definition) is 6. The van der Waals surface area contributed by atoms with Crippen molar-refractivity contribution in [2.45, 2.75) is 408 Å². The molecule has 2 bridgehead atoms. The van der Waals surface area contributed by atoms with Gasteiger partial charge in [0, 0.05) is 175 Å². The smallest absolute Gasteiger partial charge is 0.206 e. The van der Waals surface area contributed by atoms with Gasteiger partial charge in [-0.1, -0.05) is 27.7 Å². The number of fused-ring (bicyclic) bond motifs is 7. The van der Waals surface area contributed by atoms with Crippen LogP contribution in [0.15, 0.2) is 54.0 Å². The van der Waals surface area contributed by atoms with Crippen molar-refractivity contribution in [3.63, 3.8) is 0 Å². The summed E-state index contributed by atoms with van der Waals surface area (Å²) in [6.07, 6.45) is 21.0. The zero-order valence-electron chi connectivity index (χ0n) is 82.4. The molecule has 0 amide bonds. The van der Waals surface area contributed by atoms with E-state index in [1.807, 2.05) is 0 Å². The van der Waals surface area contributed by atoms with Crippen molar-refractivity contribution in [3.05, 3.63) is 76.5 Å². The highest BCUT2D eigenvalue weighted by atomic mass is 15.5. The van der Waals surface area contributed by atoms with Crippen LogP contribution in [0.4, 0.5) is 11.5 Å². The van der Waals surface area contributed by atoms with Gasteiger partial charge in [-0.3, -0.25) is 19.6 Å². The van der Waals surface area contributed by atoms with Gasteiger partial charge in [-0.25, -0.2) is 0 Å². The molecule has 3 aromatic heterocycles. The lowest BCUT2D eigenvalue weighted by Crippen LogP contribution is -2.66. The van der Waals surface area contributed by atoms with Crippen LogP contribution in [0, 0.1) is 16.7 Å². The van der Waals surface area contributed by atoms with Crippen LogP contribution in [-0.4, -0.2) is 258 Å². The summed E-state index contributed by atoms with van der Waals surface area (Å²) in [5, 5.41) is 3.47. The summed E-state index contributed by atoms with van der Waals surface area (Å²) in [5.74, 6) is 2.83. The predicted octanol–water partition coefficient (Wildman–Crippen LogP) is 18.3. The molecule has 13 aliphatic heterocycles. The molecule has 0 saturated carbocycles. The molecule has 3 aromatic rings.